The highest BCUT2D eigenvalue weighted by Gasteiger charge is 2.18. The van der Waals surface area contributed by atoms with Crippen LogP contribution in [-0.2, 0) is 22.5 Å². The van der Waals surface area contributed by atoms with E-state index in [9.17, 15) is 9.59 Å². The number of aromatic nitrogens is 4. The van der Waals surface area contributed by atoms with Crippen molar-refractivity contribution in [3.05, 3.63) is 52.6 Å². The number of hydrogen-bond donors (Lipinski definition) is 1. The van der Waals surface area contributed by atoms with Crippen molar-refractivity contribution in [2.75, 3.05) is 33.3 Å². The summed E-state index contributed by atoms with van der Waals surface area (Å²) in [7, 11) is 4.55. The van der Waals surface area contributed by atoms with E-state index in [0.29, 0.717) is 71.4 Å². The van der Waals surface area contributed by atoms with E-state index in [2.05, 4.69) is 15.5 Å². The summed E-state index contributed by atoms with van der Waals surface area (Å²) in [5, 5.41) is 12.1. The molecule has 11 nitrogen and oxygen atoms in total. The molecule has 2 aromatic carbocycles. The Hall–Kier alpha value is -4.12. The molecule has 0 unspecified atom stereocenters. The molecule has 0 bridgehead atoms. The highest BCUT2D eigenvalue weighted by atomic mass is 16.5. The van der Waals surface area contributed by atoms with Crippen LogP contribution in [0.3, 0.4) is 0 Å². The molecule has 2 aromatic heterocycles. The largest absolute Gasteiger partial charge is 0.493 e. The molecule has 0 aliphatic heterocycles. The van der Waals surface area contributed by atoms with Crippen LogP contribution < -0.4 is 25.1 Å². The molecule has 0 saturated carbocycles. The number of anilines is 1. The smallest absolute Gasteiger partial charge is 0.262 e. The standard InChI is InChI=1S/C27H33N5O6/c1-17(2)38-14-8-13-31-26(34)19-9-6-7-10-20(19)32-23(29-30-27(31)32)11-12-24(33)28-18-15-21(35-3)25(37-5)22(16-18)36-4/h6-7,9-10,15-17H,8,11-14H2,1-5H3,(H,28,33). The van der Waals surface area contributed by atoms with E-state index in [1.165, 1.54) is 21.3 Å². The SMILES string of the molecule is COc1cc(NC(=O)CCc2nnc3n(CCCOC(C)C)c(=O)c4ccccc4n23)cc(OC)c1OC. The van der Waals surface area contributed by atoms with E-state index in [1.807, 2.05) is 36.4 Å². The lowest BCUT2D eigenvalue weighted by Gasteiger charge is -2.14. The topological polar surface area (TPSA) is 118 Å². The van der Waals surface area contributed by atoms with E-state index >= 15 is 0 Å². The van der Waals surface area contributed by atoms with Crippen molar-refractivity contribution < 1.29 is 23.7 Å². The summed E-state index contributed by atoms with van der Waals surface area (Å²) in [6, 6.07) is 10.7. The lowest BCUT2D eigenvalue weighted by molar-refractivity contribution is -0.116. The lowest BCUT2D eigenvalue weighted by Crippen LogP contribution is -2.24. The first-order valence-corrected chi connectivity index (χ1v) is 12.4. The number of benzene rings is 2. The second-order valence-corrected chi connectivity index (χ2v) is 8.96. The van der Waals surface area contributed by atoms with Gasteiger partial charge in [0.05, 0.1) is 38.3 Å². The van der Waals surface area contributed by atoms with Gasteiger partial charge in [-0.15, -0.1) is 10.2 Å². The number of carbonyl (C=O) groups excluding carboxylic acids is 1. The molecule has 0 fully saturated rings. The molecule has 0 spiro atoms. The lowest BCUT2D eigenvalue weighted by atomic mass is 10.2. The first-order valence-electron chi connectivity index (χ1n) is 12.4. The maximum Gasteiger partial charge on any atom is 0.262 e. The van der Waals surface area contributed by atoms with Gasteiger partial charge in [-0.25, -0.2) is 0 Å². The predicted molar refractivity (Wildman–Crippen MR) is 144 cm³/mol. The number of nitrogens with one attached hydrogen (secondary N) is 1. The summed E-state index contributed by atoms with van der Waals surface area (Å²) < 4.78 is 25.2. The number of para-hydroxylation sites is 1. The summed E-state index contributed by atoms with van der Waals surface area (Å²) >= 11 is 0. The van der Waals surface area contributed by atoms with Gasteiger partial charge in [0.2, 0.25) is 17.4 Å². The van der Waals surface area contributed by atoms with Crippen molar-refractivity contribution in [2.45, 2.75) is 45.8 Å². The molecule has 0 aliphatic rings. The third-order valence-electron chi connectivity index (χ3n) is 6.08. The molecular weight excluding hydrogens is 490 g/mol. The van der Waals surface area contributed by atoms with Gasteiger partial charge in [0.1, 0.15) is 5.82 Å². The zero-order chi connectivity index (χ0) is 27.2. The Balaban J connectivity index is 1.58. The van der Waals surface area contributed by atoms with Gasteiger partial charge in [0.15, 0.2) is 11.5 Å². The van der Waals surface area contributed by atoms with E-state index < -0.39 is 0 Å². The van der Waals surface area contributed by atoms with E-state index in [1.54, 1.807) is 22.8 Å². The average molecular weight is 524 g/mol. The van der Waals surface area contributed by atoms with Crippen molar-refractivity contribution >= 4 is 28.3 Å². The second-order valence-electron chi connectivity index (χ2n) is 8.96. The van der Waals surface area contributed by atoms with Gasteiger partial charge in [-0.05, 0) is 32.4 Å². The first kappa shape index (κ1) is 26.9. The van der Waals surface area contributed by atoms with E-state index in [-0.39, 0.29) is 24.0 Å². The van der Waals surface area contributed by atoms with Crippen LogP contribution in [0.2, 0.25) is 0 Å². The average Bonchev–Trinajstić information content (AvgIpc) is 3.34. The second kappa shape index (κ2) is 12.0. The van der Waals surface area contributed by atoms with E-state index in [0.717, 1.165) is 0 Å². The third-order valence-corrected chi connectivity index (χ3v) is 6.08. The fourth-order valence-corrected chi connectivity index (χ4v) is 4.32. The van der Waals surface area contributed by atoms with Gasteiger partial charge in [0.25, 0.3) is 5.56 Å². The number of aryl methyl sites for hydroxylation is 2. The first-order chi connectivity index (χ1) is 18.4. The van der Waals surface area contributed by atoms with Crippen molar-refractivity contribution in [3.63, 3.8) is 0 Å². The van der Waals surface area contributed by atoms with Crippen LogP contribution in [0.1, 0.15) is 32.5 Å². The Morgan fingerprint density at radius 1 is 1.03 bits per heavy atom. The molecule has 38 heavy (non-hydrogen) atoms. The van der Waals surface area contributed by atoms with Crippen LogP contribution in [-0.4, -0.2) is 59.1 Å². The monoisotopic (exact) mass is 523 g/mol. The number of nitrogens with zero attached hydrogens (tertiary/aromatic N) is 4. The van der Waals surface area contributed by atoms with Crippen LogP contribution in [0.5, 0.6) is 17.2 Å². The quantitative estimate of drug-likeness (QED) is 0.281. The van der Waals surface area contributed by atoms with Gasteiger partial charge in [-0.2, -0.15) is 0 Å². The zero-order valence-electron chi connectivity index (χ0n) is 22.3. The van der Waals surface area contributed by atoms with E-state index in [4.69, 9.17) is 18.9 Å². The number of carbonyl (C=O) groups is 1. The molecule has 1 N–H and O–H groups in total. The molecule has 1 amide bonds. The maximum absolute atomic E-state index is 13.2. The van der Waals surface area contributed by atoms with Crippen molar-refractivity contribution in [3.8, 4) is 17.2 Å². The van der Waals surface area contributed by atoms with Crippen LogP contribution in [0.4, 0.5) is 5.69 Å². The van der Waals surface area contributed by atoms with Crippen LogP contribution >= 0.6 is 0 Å². The van der Waals surface area contributed by atoms with Gasteiger partial charge >= 0.3 is 0 Å². The molecule has 0 aliphatic carbocycles. The number of ether oxygens (including phenoxy) is 4. The van der Waals surface area contributed by atoms with Gasteiger partial charge in [0, 0.05) is 43.8 Å². The van der Waals surface area contributed by atoms with Gasteiger partial charge in [-0.3, -0.25) is 18.6 Å². The zero-order valence-corrected chi connectivity index (χ0v) is 22.3. The molecule has 2 heterocycles. The summed E-state index contributed by atoms with van der Waals surface area (Å²) in [6.45, 7) is 4.93. The van der Waals surface area contributed by atoms with Crippen molar-refractivity contribution in [1.82, 2.24) is 19.2 Å². The van der Waals surface area contributed by atoms with Crippen LogP contribution in [0, 0.1) is 0 Å². The highest BCUT2D eigenvalue weighted by molar-refractivity contribution is 5.91. The number of amides is 1. The Bertz CT molecular complexity index is 1470. The minimum atomic E-state index is -0.223. The molecule has 0 radical (unpaired) electrons. The predicted octanol–water partition coefficient (Wildman–Crippen LogP) is 3.46. The minimum Gasteiger partial charge on any atom is -0.493 e. The van der Waals surface area contributed by atoms with Crippen LogP contribution in [0.15, 0.2) is 41.2 Å². The molecule has 11 heteroatoms. The highest BCUT2D eigenvalue weighted by Crippen LogP contribution is 2.40. The number of hydrogen-bond acceptors (Lipinski definition) is 8. The molecule has 4 rings (SSSR count). The van der Waals surface area contributed by atoms with Gasteiger partial charge in [-0.1, -0.05) is 12.1 Å². The fourth-order valence-electron chi connectivity index (χ4n) is 4.32. The maximum atomic E-state index is 13.2. The fraction of sp³-hybridized carbons (Fsp3) is 0.407. The van der Waals surface area contributed by atoms with Crippen molar-refractivity contribution in [2.24, 2.45) is 0 Å². The summed E-state index contributed by atoms with van der Waals surface area (Å²) in [5.74, 6) is 2.13. The minimum absolute atomic E-state index is 0.120. The molecular formula is C27H33N5O6. The van der Waals surface area contributed by atoms with Gasteiger partial charge < -0.3 is 24.3 Å². The van der Waals surface area contributed by atoms with Crippen LogP contribution in [0.25, 0.3) is 16.7 Å². The molecule has 4 aromatic rings. The van der Waals surface area contributed by atoms with Crippen molar-refractivity contribution in [1.29, 1.82) is 0 Å². The Morgan fingerprint density at radius 2 is 1.74 bits per heavy atom. The Morgan fingerprint density at radius 3 is 2.39 bits per heavy atom. The number of methoxy groups -OCH3 is 3. The summed E-state index contributed by atoms with van der Waals surface area (Å²) in [5.41, 5.74) is 1.09. The molecule has 0 atom stereocenters. The Labute approximate surface area is 220 Å². The normalized spacial score (nSPS) is 11.3. The summed E-state index contributed by atoms with van der Waals surface area (Å²) in [4.78, 5) is 26.1. The Kier molecular flexibility index (Phi) is 8.47. The summed E-state index contributed by atoms with van der Waals surface area (Å²) in [6.07, 6.45) is 1.24. The molecule has 202 valence electrons. The number of fused-ring (bicyclic) bond motifs is 3. The number of rotatable bonds is 12. The molecule has 0 saturated heterocycles. The third kappa shape index (κ3) is 5.57.